The van der Waals surface area contributed by atoms with Crippen molar-refractivity contribution in [2.24, 2.45) is 35.0 Å². The number of amides is 15. The molecule has 15 amide bonds. The predicted molar refractivity (Wildman–Crippen MR) is 505 cm³/mol. The van der Waals surface area contributed by atoms with Gasteiger partial charge < -0.3 is 110 Å². The molecule has 46 heteroatoms. The molecule has 140 heavy (non-hydrogen) atoms. The lowest BCUT2D eigenvalue weighted by molar-refractivity contribution is -0.145. The van der Waals surface area contributed by atoms with E-state index in [4.69, 9.17) is 22.6 Å². The number of Topliss-reactive ketones (excluding diaryl/α,β-unsaturated/α-hetero) is 2. The predicted octanol–water partition coefficient (Wildman–Crippen LogP) is 1.09. The summed E-state index contributed by atoms with van der Waals surface area (Å²) in [7, 11) is 3.46. The third kappa shape index (κ3) is 30.6. The van der Waals surface area contributed by atoms with Crippen LogP contribution in [0.15, 0.2) is 104 Å². The van der Waals surface area contributed by atoms with Gasteiger partial charge in [-0.1, -0.05) is 108 Å². The summed E-state index contributed by atoms with van der Waals surface area (Å²) in [6.07, 6.45) is -0.323. The number of nitrogens with zero attached hydrogens (tertiary/aromatic N) is 5. The van der Waals surface area contributed by atoms with E-state index in [2.05, 4.69) is 73.1 Å². The lowest BCUT2D eigenvalue weighted by atomic mass is 9.88. The number of carbonyl (C=O) groups excluding carboxylic acids is 17. The van der Waals surface area contributed by atoms with Crippen LogP contribution in [0.25, 0.3) is 21.8 Å². The van der Waals surface area contributed by atoms with Crippen molar-refractivity contribution in [1.82, 2.24) is 92.7 Å². The molecule has 3 aromatic heterocycles. The number of aliphatic hydroxyl groups is 1. The number of imidazole rings is 1. The maximum absolute atomic E-state index is 16.2. The summed E-state index contributed by atoms with van der Waals surface area (Å²) in [5, 5.41) is 45.4. The van der Waals surface area contributed by atoms with Crippen molar-refractivity contribution in [3.8, 4) is 0 Å². The highest BCUT2D eigenvalue weighted by Crippen LogP contribution is 2.31. The Balaban J connectivity index is 0.0000240. The van der Waals surface area contributed by atoms with Crippen molar-refractivity contribution in [1.29, 1.82) is 5.41 Å². The van der Waals surface area contributed by atoms with E-state index in [9.17, 15) is 67.0 Å². The first-order valence-electron chi connectivity index (χ1n) is 45.4. The minimum atomic E-state index is -2.59. The Hall–Kier alpha value is -14.2. The molecule has 0 aliphatic carbocycles. The fourth-order valence-electron chi connectivity index (χ4n) is 16.6. The standard InChI is InChI=1S/C93H119F5N22O18S.CH4/c1-8-9-26-70-87(133)110-62(25-17-28-104-93(101)102)84(130)116-69(83(129)107-42-74(100)125)45-139-46-75(126)109-66(31-50-19-11-10-12-20-50)91(137)118(6)49(4)81(127)113-67(38-73(99)124)92(138)120-29-18-27-71(120)88(134)112-64(37-55-41-103-47-108-55)85(131)114-65(30-48(2)3)90(136)117(5)43-56(122)33-51(32-53-39-105-60-23-15-13-21-57(53)60)82(128)115-68(44-121)86(132)111-63(35-54-40-106-61-24-16-14-22-58(54)61)72(123)36-52(89(135)119(70)7)34-59-76(94)78(96)80(98)79(97)77(59)95;/h10-16,19-24,39-41,47-49,51-52,62-71,105-106,121H,8-9,17-18,25-38,42-46H2,1-7H3,(H2,99,124)(H2,100,125)(H,103,108)(H,107,129)(H,109,126)(H,110,133)(H,111,132)(H,112,134)(H,113,127)(H,114,131)(H,115,128)(H,116,130)(H4,101,102,104);1H4/t49-,51+,52+,62-,63-,64-,65-,66-,67-,68-,69-,70-,71-;/m0./s1. The van der Waals surface area contributed by atoms with Crippen LogP contribution in [-0.2, 0) is 114 Å². The van der Waals surface area contributed by atoms with E-state index in [-0.39, 0.29) is 103 Å². The van der Waals surface area contributed by atoms with Crippen molar-refractivity contribution in [3.05, 3.63) is 161 Å². The monoisotopic (exact) mass is 1970 g/mol. The van der Waals surface area contributed by atoms with E-state index >= 15 is 41.5 Å². The Bertz CT molecular complexity index is 5610. The minimum Gasteiger partial charge on any atom is -0.394 e. The molecule has 2 aliphatic rings. The molecule has 13 atom stereocenters. The van der Waals surface area contributed by atoms with Crippen LogP contribution in [-0.4, -0.2) is 283 Å². The molecule has 21 N–H and O–H groups in total. The molecule has 7 aromatic rings. The Labute approximate surface area is 808 Å². The largest absolute Gasteiger partial charge is 0.394 e. The highest BCUT2D eigenvalue weighted by molar-refractivity contribution is 8.00. The maximum atomic E-state index is 16.2. The van der Waals surface area contributed by atoms with Crippen molar-refractivity contribution >= 4 is 140 Å². The van der Waals surface area contributed by atoms with E-state index in [1.165, 1.54) is 39.7 Å². The minimum absolute atomic E-state index is 0. The van der Waals surface area contributed by atoms with Crippen LogP contribution < -0.4 is 70.4 Å². The molecule has 2 aliphatic heterocycles. The summed E-state index contributed by atoms with van der Waals surface area (Å²) in [6, 6.07) is 3.22. The Morgan fingerprint density at radius 3 is 1.76 bits per heavy atom. The number of hydrogen-bond acceptors (Lipinski definition) is 21. The number of guanidine groups is 1. The number of aromatic amines is 3. The number of hydrogen-bond donors (Lipinski definition) is 18. The molecule has 758 valence electrons. The van der Waals surface area contributed by atoms with Crippen molar-refractivity contribution in [3.63, 3.8) is 0 Å². The number of aliphatic hydroxyl groups excluding tert-OH is 1. The number of H-pyrrole nitrogens is 3. The molecule has 0 saturated carbocycles. The van der Waals surface area contributed by atoms with Crippen molar-refractivity contribution < 1.29 is 109 Å². The smallest absolute Gasteiger partial charge is 0.246 e. The molecular formula is C94H123F5N22O18S. The van der Waals surface area contributed by atoms with E-state index < -0.39 is 282 Å². The van der Waals surface area contributed by atoms with Gasteiger partial charge in [0.2, 0.25) is 94.4 Å². The van der Waals surface area contributed by atoms with Crippen LogP contribution in [0.2, 0.25) is 0 Å². The van der Waals surface area contributed by atoms with Gasteiger partial charge in [0.15, 0.2) is 40.8 Å². The molecule has 2 fully saturated rings. The number of unbranched alkanes of at least 4 members (excludes halogenated alkanes) is 1. The summed E-state index contributed by atoms with van der Waals surface area (Å²) in [5.41, 5.74) is 17.7. The first-order valence-corrected chi connectivity index (χ1v) is 46.5. The van der Waals surface area contributed by atoms with Gasteiger partial charge in [0.1, 0.15) is 60.4 Å². The van der Waals surface area contributed by atoms with Gasteiger partial charge in [-0.2, -0.15) is 0 Å². The second kappa shape index (κ2) is 52.5. The van der Waals surface area contributed by atoms with Gasteiger partial charge >= 0.3 is 0 Å². The molecule has 0 spiro atoms. The third-order valence-electron chi connectivity index (χ3n) is 24.1. The zero-order chi connectivity index (χ0) is 102. The number of fused-ring (bicyclic) bond motifs is 3. The van der Waals surface area contributed by atoms with Gasteiger partial charge in [0, 0.05) is 136 Å². The van der Waals surface area contributed by atoms with Crippen LogP contribution in [0, 0.1) is 52.2 Å². The number of thioether (sulfide) groups is 1. The lowest BCUT2D eigenvalue weighted by Crippen LogP contribution is -2.60. The first kappa shape index (κ1) is 111. The second-order valence-electron chi connectivity index (χ2n) is 35.0. The zero-order valence-electron chi connectivity index (χ0n) is 77.8. The quantitative estimate of drug-likeness (QED) is 0.00951. The number of nitrogens with two attached hydrogens (primary N) is 3. The summed E-state index contributed by atoms with van der Waals surface area (Å²) in [4.78, 5) is 266. The summed E-state index contributed by atoms with van der Waals surface area (Å²) < 4.78 is 78.3. The molecule has 0 bridgehead atoms. The average Bonchev–Trinajstić information content (AvgIpc) is 0.981. The molecular weight excluding hydrogens is 1850 g/mol. The molecule has 40 nitrogen and oxygen atoms in total. The van der Waals surface area contributed by atoms with E-state index in [1.54, 1.807) is 106 Å². The first-order chi connectivity index (χ1) is 66.1. The van der Waals surface area contributed by atoms with Crippen LogP contribution in [0.1, 0.15) is 134 Å². The molecule has 9 rings (SSSR count). The maximum Gasteiger partial charge on any atom is 0.246 e. The van der Waals surface area contributed by atoms with Crippen LogP contribution in [0.5, 0.6) is 0 Å². The number of halogens is 5. The average molecular weight is 1980 g/mol. The number of nitrogens with one attached hydrogen (secondary N) is 14. The number of likely N-dealkylation sites (N-methyl/N-ethyl adjacent to an activating group) is 3. The summed E-state index contributed by atoms with van der Waals surface area (Å²) in [6.45, 7) is 3.37. The van der Waals surface area contributed by atoms with Gasteiger partial charge in [-0.25, -0.2) is 26.9 Å². The van der Waals surface area contributed by atoms with Gasteiger partial charge in [0.05, 0.1) is 44.2 Å². The van der Waals surface area contributed by atoms with Crippen LogP contribution >= 0.6 is 11.8 Å². The van der Waals surface area contributed by atoms with Gasteiger partial charge in [0.25, 0.3) is 0 Å². The number of para-hydroxylation sites is 2. The van der Waals surface area contributed by atoms with E-state index in [0.717, 1.165) is 21.7 Å². The van der Waals surface area contributed by atoms with E-state index in [0.29, 0.717) is 55.3 Å². The number of rotatable bonds is 25. The van der Waals surface area contributed by atoms with E-state index in [1.807, 2.05) is 0 Å². The highest BCUT2D eigenvalue weighted by Gasteiger charge is 2.44. The van der Waals surface area contributed by atoms with Gasteiger partial charge in [-0.15, -0.1) is 11.8 Å². The van der Waals surface area contributed by atoms with Gasteiger partial charge in [-0.05, 0) is 93.0 Å². The lowest BCUT2D eigenvalue weighted by Gasteiger charge is -2.32. The number of carbonyl (C=O) groups is 17. The molecule has 4 aromatic carbocycles. The molecule has 2 saturated heterocycles. The summed E-state index contributed by atoms with van der Waals surface area (Å²) >= 11 is 0.693. The van der Waals surface area contributed by atoms with Crippen molar-refractivity contribution in [2.45, 2.75) is 204 Å². The number of ketones is 2. The van der Waals surface area contributed by atoms with Crippen molar-refractivity contribution in [2.75, 3.05) is 65.4 Å². The fourth-order valence-corrected chi connectivity index (χ4v) is 17.4. The normalized spacial score (nSPS) is 22.8. The molecule has 0 radical (unpaired) electrons. The van der Waals surface area contributed by atoms with Gasteiger partial charge in [-0.3, -0.25) is 86.9 Å². The SMILES string of the molecule is C.CCCC[C@H]1C(=O)N[C@@H](CCCNC(=N)N)C(=O)N[C@H](C(=O)NCC(N)=O)CSCC(=O)N[C@@H](Cc2ccccc2)C(=O)N(C)[C@@H](C)C(=O)N[C@@H](CC(N)=O)C(=O)N2CCC[C@H]2C(=O)N[C@@H](Cc2cnc[nH]2)C(=O)N[C@@H](CC(C)C)C(=O)N(C)CC(=O)C[C@@H](Cc2c[nH]c3ccccc23)C(=O)N[C@@H](CO)C(=O)N[C@@H](Cc2c[nH]c3ccccc23)C(=O)C[C@@H](Cc2c(F)c(F)c(F)c(F)c2F)C(=O)N1C. The number of primary amides is 2. The fraction of sp³-hybridized carbons (Fsp3) is 0.479. The van der Waals surface area contributed by atoms with Crippen LogP contribution in [0.4, 0.5) is 22.0 Å². The molecule has 0 unspecified atom stereocenters. The zero-order valence-corrected chi connectivity index (χ0v) is 78.6. The highest BCUT2D eigenvalue weighted by atomic mass is 32.2. The Kier molecular flexibility index (Phi) is 41.7. The second-order valence-corrected chi connectivity index (χ2v) is 36.0. The summed E-state index contributed by atoms with van der Waals surface area (Å²) in [5.74, 6) is -35.8. The number of benzene rings is 4. The Morgan fingerprint density at radius 2 is 1.16 bits per heavy atom. The Morgan fingerprint density at radius 1 is 0.571 bits per heavy atom. The topological polar surface area (TPSA) is 606 Å². The molecule has 5 heterocycles. The number of aromatic nitrogens is 4. The van der Waals surface area contributed by atoms with Crippen LogP contribution in [0.3, 0.4) is 0 Å². The third-order valence-corrected chi connectivity index (χ3v) is 25.1.